The molecule has 0 radical (unpaired) electrons. The molecule has 17 heavy (non-hydrogen) atoms. The SMILES string of the molecule is CCC(O)(c1cccc(Br)c1)c1ccc(Cl)s1. The minimum absolute atomic E-state index is 0.611. The molecule has 0 saturated carbocycles. The summed E-state index contributed by atoms with van der Waals surface area (Å²) < 4.78 is 1.66. The monoisotopic (exact) mass is 330 g/mol. The molecule has 0 spiro atoms. The first-order valence-corrected chi connectivity index (χ1v) is 7.29. The van der Waals surface area contributed by atoms with Gasteiger partial charge in [0.15, 0.2) is 0 Å². The van der Waals surface area contributed by atoms with Crippen LogP contribution in [0.2, 0.25) is 4.34 Å². The molecule has 0 aliphatic rings. The first kappa shape index (κ1) is 13.1. The first-order valence-electron chi connectivity index (χ1n) is 5.30. The Morgan fingerprint density at radius 1 is 1.35 bits per heavy atom. The number of benzene rings is 1. The lowest BCUT2D eigenvalue weighted by atomic mass is 9.90. The smallest absolute Gasteiger partial charge is 0.124 e. The summed E-state index contributed by atoms with van der Waals surface area (Å²) in [6, 6.07) is 11.5. The Morgan fingerprint density at radius 3 is 2.65 bits per heavy atom. The van der Waals surface area contributed by atoms with Crippen LogP contribution in [0.15, 0.2) is 40.9 Å². The van der Waals surface area contributed by atoms with E-state index < -0.39 is 5.60 Å². The fraction of sp³-hybridized carbons (Fsp3) is 0.231. The Labute approximate surface area is 118 Å². The Hall–Kier alpha value is -0.350. The fourth-order valence-corrected chi connectivity index (χ4v) is 3.43. The lowest BCUT2D eigenvalue weighted by molar-refractivity contribution is 0.0803. The predicted octanol–water partition coefficient (Wildman–Crippen LogP) is 4.81. The summed E-state index contributed by atoms with van der Waals surface area (Å²) in [6.45, 7) is 1.97. The third kappa shape index (κ3) is 2.58. The van der Waals surface area contributed by atoms with E-state index in [1.54, 1.807) is 0 Å². The van der Waals surface area contributed by atoms with E-state index in [0.29, 0.717) is 10.8 Å². The Balaban J connectivity index is 2.51. The van der Waals surface area contributed by atoms with Crippen molar-refractivity contribution < 1.29 is 5.11 Å². The molecule has 90 valence electrons. The molecule has 1 atom stereocenters. The van der Waals surface area contributed by atoms with Gasteiger partial charge in [0.05, 0.1) is 4.34 Å². The van der Waals surface area contributed by atoms with Gasteiger partial charge in [0.2, 0.25) is 0 Å². The third-order valence-electron chi connectivity index (χ3n) is 2.79. The van der Waals surface area contributed by atoms with Gasteiger partial charge in [-0.25, -0.2) is 0 Å². The van der Waals surface area contributed by atoms with E-state index in [9.17, 15) is 5.11 Å². The van der Waals surface area contributed by atoms with Crippen LogP contribution in [-0.2, 0) is 5.60 Å². The second-order valence-corrected chi connectivity index (χ2v) is 6.46. The molecule has 1 nitrogen and oxygen atoms in total. The van der Waals surface area contributed by atoms with Crippen LogP contribution in [0.25, 0.3) is 0 Å². The highest BCUT2D eigenvalue weighted by atomic mass is 79.9. The summed E-state index contributed by atoms with van der Waals surface area (Å²) in [6.07, 6.45) is 0.611. The highest BCUT2D eigenvalue weighted by Gasteiger charge is 2.31. The van der Waals surface area contributed by atoms with Crippen molar-refractivity contribution in [2.75, 3.05) is 0 Å². The van der Waals surface area contributed by atoms with Gasteiger partial charge in [-0.1, -0.05) is 46.6 Å². The van der Waals surface area contributed by atoms with Crippen LogP contribution < -0.4 is 0 Å². The number of halogens is 2. The van der Waals surface area contributed by atoms with E-state index in [2.05, 4.69) is 15.9 Å². The van der Waals surface area contributed by atoms with Crippen LogP contribution in [-0.4, -0.2) is 5.11 Å². The average Bonchev–Trinajstić information content (AvgIpc) is 2.75. The van der Waals surface area contributed by atoms with E-state index in [0.717, 1.165) is 14.9 Å². The molecule has 4 heteroatoms. The van der Waals surface area contributed by atoms with Crippen LogP contribution in [0.1, 0.15) is 23.8 Å². The molecule has 0 aliphatic carbocycles. The van der Waals surface area contributed by atoms with Gasteiger partial charge in [-0.05, 0) is 36.2 Å². The normalized spacial score (nSPS) is 14.6. The second-order valence-electron chi connectivity index (χ2n) is 3.83. The molecular formula is C13H12BrClOS. The summed E-state index contributed by atoms with van der Waals surface area (Å²) >= 11 is 10.8. The zero-order valence-corrected chi connectivity index (χ0v) is 12.4. The first-order chi connectivity index (χ1) is 8.06. The van der Waals surface area contributed by atoms with Gasteiger partial charge in [-0.15, -0.1) is 11.3 Å². The Kier molecular flexibility index (Phi) is 3.93. The maximum Gasteiger partial charge on any atom is 0.124 e. The molecule has 1 N–H and O–H groups in total. The lowest BCUT2D eigenvalue weighted by Crippen LogP contribution is -2.24. The molecule has 1 unspecified atom stereocenters. The largest absolute Gasteiger partial charge is 0.380 e. The molecule has 1 aromatic carbocycles. The van der Waals surface area contributed by atoms with Crippen LogP contribution in [0.3, 0.4) is 0 Å². The van der Waals surface area contributed by atoms with Gasteiger partial charge in [-0.3, -0.25) is 0 Å². The second kappa shape index (κ2) is 5.11. The van der Waals surface area contributed by atoms with Gasteiger partial charge in [0, 0.05) is 9.35 Å². The number of thiophene rings is 1. The van der Waals surface area contributed by atoms with Crippen LogP contribution in [0.5, 0.6) is 0 Å². The molecule has 0 fully saturated rings. The van der Waals surface area contributed by atoms with E-state index in [4.69, 9.17) is 11.6 Å². The molecule has 2 rings (SSSR count). The minimum atomic E-state index is -0.957. The van der Waals surface area contributed by atoms with Gasteiger partial charge in [0.1, 0.15) is 5.60 Å². The van der Waals surface area contributed by atoms with Crippen molar-refractivity contribution in [3.05, 3.63) is 55.6 Å². The van der Waals surface area contributed by atoms with Crippen LogP contribution >= 0.6 is 38.9 Å². The van der Waals surface area contributed by atoms with Crippen molar-refractivity contribution in [2.24, 2.45) is 0 Å². The molecule has 0 amide bonds. The topological polar surface area (TPSA) is 20.2 Å². The van der Waals surface area contributed by atoms with Gasteiger partial charge >= 0.3 is 0 Å². The summed E-state index contributed by atoms with van der Waals surface area (Å²) in [7, 11) is 0. The Bertz CT molecular complexity index is 526. The zero-order valence-electron chi connectivity index (χ0n) is 9.28. The molecule has 0 aliphatic heterocycles. The number of aliphatic hydroxyl groups is 1. The van der Waals surface area contributed by atoms with Crippen molar-refractivity contribution in [1.82, 2.24) is 0 Å². The molecular weight excluding hydrogens is 320 g/mol. The summed E-state index contributed by atoms with van der Waals surface area (Å²) in [5.74, 6) is 0. The van der Waals surface area contributed by atoms with Crippen LogP contribution in [0.4, 0.5) is 0 Å². The van der Waals surface area contributed by atoms with E-state index in [-0.39, 0.29) is 0 Å². The summed E-state index contributed by atoms with van der Waals surface area (Å²) in [5.41, 5.74) is -0.0745. The molecule has 1 heterocycles. The standard InChI is InChI=1S/C13H12BrClOS/c1-2-13(16,11-6-7-12(15)17-11)9-4-3-5-10(14)8-9/h3-8,16H,2H2,1H3. The van der Waals surface area contributed by atoms with Crippen LogP contribution in [0, 0.1) is 0 Å². The van der Waals surface area contributed by atoms with Crippen molar-refractivity contribution >= 4 is 38.9 Å². The highest BCUT2D eigenvalue weighted by molar-refractivity contribution is 9.10. The average molecular weight is 332 g/mol. The van der Waals surface area contributed by atoms with E-state index in [1.165, 1.54) is 11.3 Å². The van der Waals surface area contributed by atoms with E-state index in [1.807, 2.05) is 43.3 Å². The highest BCUT2D eigenvalue weighted by Crippen LogP contribution is 2.39. The maximum atomic E-state index is 10.8. The lowest BCUT2D eigenvalue weighted by Gasteiger charge is -2.26. The number of hydrogen-bond acceptors (Lipinski definition) is 2. The van der Waals surface area contributed by atoms with Crippen molar-refractivity contribution in [3.63, 3.8) is 0 Å². The van der Waals surface area contributed by atoms with Gasteiger partial charge in [-0.2, -0.15) is 0 Å². The number of rotatable bonds is 3. The molecule has 2 aromatic rings. The van der Waals surface area contributed by atoms with Gasteiger partial charge < -0.3 is 5.11 Å². The molecule has 0 saturated heterocycles. The Morgan fingerprint density at radius 2 is 2.12 bits per heavy atom. The minimum Gasteiger partial charge on any atom is -0.380 e. The number of hydrogen-bond donors (Lipinski definition) is 1. The van der Waals surface area contributed by atoms with Gasteiger partial charge in [0.25, 0.3) is 0 Å². The fourth-order valence-electron chi connectivity index (χ4n) is 1.80. The third-order valence-corrected chi connectivity index (χ3v) is 4.67. The van der Waals surface area contributed by atoms with Crippen molar-refractivity contribution in [1.29, 1.82) is 0 Å². The quantitative estimate of drug-likeness (QED) is 0.855. The van der Waals surface area contributed by atoms with Crippen molar-refractivity contribution in [2.45, 2.75) is 18.9 Å². The summed E-state index contributed by atoms with van der Waals surface area (Å²) in [4.78, 5) is 0.878. The van der Waals surface area contributed by atoms with Crippen molar-refractivity contribution in [3.8, 4) is 0 Å². The molecule has 0 bridgehead atoms. The molecule has 1 aromatic heterocycles. The predicted molar refractivity (Wildman–Crippen MR) is 76.8 cm³/mol. The van der Waals surface area contributed by atoms with E-state index >= 15 is 0 Å². The zero-order chi connectivity index (χ0) is 12.5. The maximum absolute atomic E-state index is 10.8. The summed E-state index contributed by atoms with van der Waals surface area (Å²) in [5, 5.41) is 10.8.